The molecule has 1 aromatic carbocycles. The predicted octanol–water partition coefficient (Wildman–Crippen LogP) is 7.19. The molecule has 0 fully saturated rings. The van der Waals surface area contributed by atoms with Gasteiger partial charge in [0.05, 0.1) is 4.88 Å². The van der Waals surface area contributed by atoms with E-state index < -0.39 is 17.0 Å². The zero-order valence-electron chi connectivity index (χ0n) is 24.5. The van der Waals surface area contributed by atoms with Gasteiger partial charge >= 0.3 is 12.2 Å². The molecule has 0 aliphatic carbocycles. The lowest BCUT2D eigenvalue weighted by Crippen LogP contribution is -2.39. The Labute approximate surface area is 244 Å². The Morgan fingerprint density at radius 1 is 0.854 bits per heavy atom. The van der Waals surface area contributed by atoms with E-state index in [0.717, 1.165) is 16.7 Å². The minimum Gasteiger partial charge on any atom is -0.444 e. The van der Waals surface area contributed by atoms with Crippen molar-refractivity contribution in [3.05, 3.63) is 63.6 Å². The number of anilines is 1. The quantitative estimate of drug-likeness (QED) is 0.412. The first-order valence-corrected chi connectivity index (χ1v) is 14.6. The van der Waals surface area contributed by atoms with Gasteiger partial charge in [-0.25, -0.2) is 14.0 Å². The first-order chi connectivity index (χ1) is 19.2. The molecule has 0 unspecified atom stereocenters. The van der Waals surface area contributed by atoms with Gasteiger partial charge in [-0.1, -0.05) is 12.2 Å². The summed E-state index contributed by atoms with van der Waals surface area (Å²) in [6, 6.07) is 6.48. The topological polar surface area (TPSA) is 88.2 Å². The largest absolute Gasteiger partial charge is 0.444 e. The third-order valence-electron chi connectivity index (χ3n) is 6.49. The summed E-state index contributed by atoms with van der Waals surface area (Å²) in [7, 11) is 0. The van der Waals surface area contributed by atoms with Gasteiger partial charge in [0, 0.05) is 37.4 Å². The summed E-state index contributed by atoms with van der Waals surface area (Å²) in [5.41, 5.74) is 2.53. The van der Waals surface area contributed by atoms with Crippen LogP contribution in [0.5, 0.6) is 0 Å². The van der Waals surface area contributed by atoms with Crippen molar-refractivity contribution >= 4 is 46.3 Å². The Balaban J connectivity index is 1.34. The maximum atomic E-state index is 15.1. The molecule has 0 bridgehead atoms. The Morgan fingerprint density at radius 2 is 1.41 bits per heavy atom. The van der Waals surface area contributed by atoms with E-state index in [1.807, 2.05) is 65.1 Å². The third kappa shape index (κ3) is 8.19. The zero-order valence-corrected chi connectivity index (χ0v) is 25.3. The van der Waals surface area contributed by atoms with E-state index in [0.29, 0.717) is 55.1 Å². The highest BCUT2D eigenvalue weighted by molar-refractivity contribution is 7.12. The summed E-state index contributed by atoms with van der Waals surface area (Å²) in [5, 5.41) is 4.71. The van der Waals surface area contributed by atoms with E-state index in [4.69, 9.17) is 9.47 Å². The molecule has 1 aromatic heterocycles. The number of carbonyl (C=O) groups is 3. The lowest BCUT2D eigenvalue weighted by Gasteiger charge is -2.29. The molecule has 8 nitrogen and oxygen atoms in total. The molecule has 220 valence electrons. The van der Waals surface area contributed by atoms with Crippen molar-refractivity contribution in [2.75, 3.05) is 31.5 Å². The average Bonchev–Trinajstić information content (AvgIpc) is 3.38. The molecule has 2 aromatic rings. The van der Waals surface area contributed by atoms with Gasteiger partial charge < -0.3 is 24.6 Å². The molecule has 1 N–H and O–H groups in total. The van der Waals surface area contributed by atoms with Crippen LogP contribution >= 0.6 is 11.3 Å². The van der Waals surface area contributed by atoms with Crippen LogP contribution < -0.4 is 5.32 Å². The van der Waals surface area contributed by atoms with Gasteiger partial charge in [0.2, 0.25) is 0 Å². The number of nitrogens with one attached hydrogen (secondary N) is 1. The smallest absolute Gasteiger partial charge is 0.410 e. The molecule has 0 saturated carbocycles. The van der Waals surface area contributed by atoms with Crippen molar-refractivity contribution in [3.63, 3.8) is 0 Å². The number of halogens is 1. The van der Waals surface area contributed by atoms with Crippen LogP contribution in [-0.2, 0) is 9.47 Å². The van der Waals surface area contributed by atoms with Crippen LogP contribution in [0, 0.1) is 5.82 Å². The van der Waals surface area contributed by atoms with Crippen LogP contribution in [0.2, 0.25) is 0 Å². The van der Waals surface area contributed by atoms with Crippen LogP contribution in [0.25, 0.3) is 11.1 Å². The fourth-order valence-electron chi connectivity index (χ4n) is 4.50. The highest BCUT2D eigenvalue weighted by Gasteiger charge is 2.26. The molecule has 2 aliphatic heterocycles. The number of thiophene rings is 1. The summed E-state index contributed by atoms with van der Waals surface area (Å²) >= 11 is 1.32. The number of rotatable bonds is 4. The molecule has 0 atom stereocenters. The number of hydrogen-bond donors (Lipinski definition) is 1. The van der Waals surface area contributed by atoms with Crippen molar-refractivity contribution in [1.82, 2.24) is 9.80 Å². The van der Waals surface area contributed by atoms with Crippen LogP contribution in [0.15, 0.2) is 41.8 Å². The molecule has 10 heteroatoms. The lowest BCUT2D eigenvalue weighted by molar-refractivity contribution is 0.0260. The van der Waals surface area contributed by atoms with Crippen LogP contribution in [-0.4, -0.2) is 65.3 Å². The molecule has 0 radical (unpaired) electrons. The Kier molecular flexibility index (Phi) is 8.91. The number of ether oxygens (including phenoxy) is 2. The van der Waals surface area contributed by atoms with Crippen molar-refractivity contribution < 1.29 is 28.2 Å². The predicted molar refractivity (Wildman–Crippen MR) is 159 cm³/mol. The molecule has 3 heterocycles. The van der Waals surface area contributed by atoms with Crippen molar-refractivity contribution in [2.45, 2.75) is 65.6 Å². The van der Waals surface area contributed by atoms with Crippen molar-refractivity contribution in [2.24, 2.45) is 0 Å². The zero-order chi connectivity index (χ0) is 29.9. The molecular weight excluding hydrogens is 545 g/mol. The molecule has 4 rings (SSSR count). The normalized spacial score (nSPS) is 16.1. The van der Waals surface area contributed by atoms with Crippen molar-refractivity contribution in [1.29, 1.82) is 0 Å². The molecule has 2 aliphatic rings. The lowest BCUT2D eigenvalue weighted by atomic mass is 9.98. The van der Waals surface area contributed by atoms with E-state index in [2.05, 4.69) is 5.32 Å². The number of nitrogens with zero attached hydrogens (tertiary/aromatic N) is 2. The first kappa shape index (κ1) is 30.3. The van der Waals surface area contributed by atoms with Gasteiger partial charge in [0.15, 0.2) is 0 Å². The Morgan fingerprint density at radius 3 is 1.90 bits per heavy atom. The monoisotopic (exact) mass is 583 g/mol. The molecular formula is C31H38FN3O5S. The highest BCUT2D eigenvalue weighted by atomic mass is 32.1. The van der Waals surface area contributed by atoms with Gasteiger partial charge in [-0.3, -0.25) is 4.79 Å². The fourth-order valence-corrected chi connectivity index (χ4v) is 5.33. The van der Waals surface area contributed by atoms with Gasteiger partial charge in [0.1, 0.15) is 17.0 Å². The Hall–Kier alpha value is -3.66. The average molecular weight is 584 g/mol. The summed E-state index contributed by atoms with van der Waals surface area (Å²) in [6.07, 6.45) is 4.27. The minimum atomic E-state index is -0.573. The molecule has 3 amide bonds. The van der Waals surface area contributed by atoms with Gasteiger partial charge in [-0.2, -0.15) is 0 Å². The molecule has 0 spiro atoms. The third-order valence-corrected chi connectivity index (χ3v) is 7.42. The van der Waals surface area contributed by atoms with Gasteiger partial charge in [-0.05, 0) is 101 Å². The second-order valence-electron chi connectivity index (χ2n) is 12.2. The van der Waals surface area contributed by atoms with Crippen molar-refractivity contribution in [3.8, 4) is 0 Å². The maximum absolute atomic E-state index is 15.1. The molecule has 0 saturated heterocycles. The second kappa shape index (κ2) is 12.1. The van der Waals surface area contributed by atoms with Gasteiger partial charge in [0.25, 0.3) is 5.91 Å². The summed E-state index contributed by atoms with van der Waals surface area (Å²) in [6.45, 7) is 12.8. The van der Waals surface area contributed by atoms with E-state index >= 15 is 4.39 Å². The van der Waals surface area contributed by atoms with Crippen LogP contribution in [0.3, 0.4) is 0 Å². The van der Waals surface area contributed by atoms with E-state index in [1.54, 1.807) is 21.9 Å². The molecule has 41 heavy (non-hydrogen) atoms. The van der Waals surface area contributed by atoms with Gasteiger partial charge in [-0.15, -0.1) is 11.3 Å². The summed E-state index contributed by atoms with van der Waals surface area (Å²) in [4.78, 5) is 41.3. The Bertz CT molecular complexity index is 1380. The highest BCUT2D eigenvalue weighted by Crippen LogP contribution is 2.30. The number of hydrogen-bond acceptors (Lipinski definition) is 6. The van der Waals surface area contributed by atoms with Crippen LogP contribution in [0.1, 0.15) is 75.2 Å². The van der Waals surface area contributed by atoms with E-state index in [1.165, 1.54) is 17.4 Å². The summed E-state index contributed by atoms with van der Waals surface area (Å²) < 4.78 is 25.9. The standard InChI is InChI=1S/C31H38FN3O5S/c1-30(2,3)39-28(37)34-13-9-20(10-14-34)22-17-26(41-19-22)27(36)33-23-7-8-24(25(32)18-23)21-11-15-35(16-12-21)29(38)40-31(4,5)6/h7-9,11,17-19H,10,12-16H2,1-6H3,(H,33,36). The maximum Gasteiger partial charge on any atom is 0.410 e. The second-order valence-corrected chi connectivity index (χ2v) is 13.1. The number of carbonyl (C=O) groups excluding carboxylic acids is 3. The summed E-state index contributed by atoms with van der Waals surface area (Å²) in [5.74, 6) is -0.751. The SMILES string of the molecule is CC(C)(C)OC(=O)N1CC=C(c2csc(C(=O)Nc3ccc(C4=CCN(C(=O)OC(C)(C)C)CC4)c(F)c3)c2)CC1. The fraction of sp³-hybridized carbons (Fsp3) is 0.452. The first-order valence-electron chi connectivity index (χ1n) is 13.7. The minimum absolute atomic E-state index is 0.315. The number of amides is 3. The van der Waals surface area contributed by atoms with Crippen LogP contribution in [0.4, 0.5) is 19.7 Å². The van der Waals surface area contributed by atoms with E-state index in [-0.39, 0.29) is 18.1 Å². The number of benzene rings is 1. The van der Waals surface area contributed by atoms with E-state index in [9.17, 15) is 14.4 Å².